The average molecular weight is 268 g/mol. The van der Waals surface area contributed by atoms with Crippen LogP contribution in [0, 0.1) is 10.1 Å². The zero-order chi connectivity index (χ0) is 13.1. The van der Waals surface area contributed by atoms with Crippen LogP contribution in [0.25, 0.3) is 0 Å². The van der Waals surface area contributed by atoms with Crippen molar-refractivity contribution >= 4 is 23.2 Å². The summed E-state index contributed by atoms with van der Waals surface area (Å²) < 4.78 is 0. The maximum Gasteiger partial charge on any atom is 0.288 e. The summed E-state index contributed by atoms with van der Waals surface area (Å²) in [6.07, 6.45) is 5.66. The molecular formula is C11H10ClN3O3. The van der Waals surface area contributed by atoms with E-state index in [0.717, 1.165) is 18.7 Å². The topological polar surface area (TPSA) is 76.3 Å². The molecule has 0 bridgehead atoms. The van der Waals surface area contributed by atoms with Crippen molar-refractivity contribution in [1.82, 2.24) is 9.88 Å². The van der Waals surface area contributed by atoms with Gasteiger partial charge in [0.1, 0.15) is 11.3 Å². The van der Waals surface area contributed by atoms with E-state index in [-0.39, 0.29) is 22.3 Å². The van der Waals surface area contributed by atoms with Crippen LogP contribution in [0.2, 0.25) is 5.15 Å². The Kier molecular flexibility index (Phi) is 3.57. The number of halogens is 1. The van der Waals surface area contributed by atoms with Gasteiger partial charge in [0, 0.05) is 19.2 Å². The Balaban J connectivity index is 2.31. The second-order valence-electron chi connectivity index (χ2n) is 3.80. The number of hydrogen-bond donors (Lipinski definition) is 0. The molecule has 1 aliphatic rings. The van der Waals surface area contributed by atoms with Gasteiger partial charge in [-0.1, -0.05) is 23.8 Å². The van der Waals surface area contributed by atoms with Gasteiger partial charge in [0.25, 0.3) is 11.6 Å². The van der Waals surface area contributed by atoms with Crippen LogP contribution >= 0.6 is 11.6 Å². The fraction of sp³-hybridized carbons (Fsp3) is 0.273. The van der Waals surface area contributed by atoms with E-state index in [4.69, 9.17) is 11.6 Å². The molecule has 0 fully saturated rings. The van der Waals surface area contributed by atoms with Gasteiger partial charge in [0.2, 0.25) is 0 Å². The molecule has 0 aromatic carbocycles. The molecule has 1 amide bonds. The molecule has 18 heavy (non-hydrogen) atoms. The number of aromatic nitrogens is 1. The maximum atomic E-state index is 12.1. The van der Waals surface area contributed by atoms with Gasteiger partial charge in [-0.2, -0.15) is 0 Å². The average Bonchev–Trinajstić information content (AvgIpc) is 2.39. The summed E-state index contributed by atoms with van der Waals surface area (Å²) in [6.45, 7) is 1.06. The van der Waals surface area contributed by atoms with Crippen molar-refractivity contribution in [3.8, 4) is 0 Å². The van der Waals surface area contributed by atoms with E-state index in [1.165, 1.54) is 0 Å². The van der Waals surface area contributed by atoms with E-state index >= 15 is 0 Å². The smallest absolute Gasteiger partial charge is 0.288 e. The third-order valence-corrected chi connectivity index (χ3v) is 2.91. The summed E-state index contributed by atoms with van der Waals surface area (Å²) >= 11 is 5.82. The van der Waals surface area contributed by atoms with Crippen LogP contribution in [0.1, 0.15) is 16.8 Å². The molecule has 6 nitrogen and oxygen atoms in total. The van der Waals surface area contributed by atoms with Gasteiger partial charge >= 0.3 is 0 Å². The second-order valence-corrected chi connectivity index (χ2v) is 4.16. The molecule has 1 aromatic heterocycles. The van der Waals surface area contributed by atoms with E-state index < -0.39 is 4.92 Å². The van der Waals surface area contributed by atoms with Gasteiger partial charge in [-0.05, 0) is 6.42 Å². The molecule has 0 saturated carbocycles. The van der Waals surface area contributed by atoms with Crippen molar-refractivity contribution in [3.05, 3.63) is 45.2 Å². The van der Waals surface area contributed by atoms with Gasteiger partial charge in [-0.3, -0.25) is 14.9 Å². The number of pyridine rings is 1. The van der Waals surface area contributed by atoms with Crippen LogP contribution in [0.4, 0.5) is 5.69 Å². The fourth-order valence-electron chi connectivity index (χ4n) is 1.68. The Morgan fingerprint density at radius 3 is 2.89 bits per heavy atom. The number of nitro groups is 1. The van der Waals surface area contributed by atoms with Gasteiger partial charge in [0.05, 0.1) is 10.5 Å². The fourth-order valence-corrected chi connectivity index (χ4v) is 1.87. The molecule has 0 radical (unpaired) electrons. The second kappa shape index (κ2) is 5.14. The maximum absolute atomic E-state index is 12.1. The molecule has 0 N–H and O–H groups in total. The molecule has 0 spiro atoms. The molecule has 0 atom stereocenters. The van der Waals surface area contributed by atoms with Crippen LogP contribution < -0.4 is 0 Å². The molecule has 0 unspecified atom stereocenters. The van der Waals surface area contributed by atoms with Gasteiger partial charge in [-0.15, -0.1) is 0 Å². The highest BCUT2D eigenvalue weighted by Gasteiger charge is 2.22. The summed E-state index contributed by atoms with van der Waals surface area (Å²) in [4.78, 5) is 27.4. The predicted molar refractivity (Wildman–Crippen MR) is 65.6 cm³/mol. The number of amides is 1. The van der Waals surface area contributed by atoms with E-state index in [0.29, 0.717) is 13.1 Å². The van der Waals surface area contributed by atoms with Crippen LogP contribution in [0.3, 0.4) is 0 Å². The minimum atomic E-state index is -0.601. The monoisotopic (exact) mass is 267 g/mol. The molecular weight excluding hydrogens is 258 g/mol. The Morgan fingerprint density at radius 2 is 2.28 bits per heavy atom. The normalized spacial score (nSPS) is 14.6. The number of rotatable bonds is 2. The number of nitrogens with zero attached hydrogens (tertiary/aromatic N) is 3. The van der Waals surface area contributed by atoms with Crippen LogP contribution in [0.15, 0.2) is 24.4 Å². The number of carbonyl (C=O) groups excluding carboxylic acids is 1. The number of carbonyl (C=O) groups is 1. The first-order chi connectivity index (χ1) is 8.59. The van der Waals surface area contributed by atoms with Crippen molar-refractivity contribution in [2.45, 2.75) is 6.42 Å². The molecule has 94 valence electrons. The molecule has 2 rings (SSSR count). The third kappa shape index (κ3) is 2.48. The van der Waals surface area contributed by atoms with Gasteiger partial charge in [0.15, 0.2) is 0 Å². The zero-order valence-corrected chi connectivity index (χ0v) is 10.1. The largest absolute Gasteiger partial charge is 0.335 e. The first-order valence-electron chi connectivity index (χ1n) is 5.34. The van der Waals surface area contributed by atoms with Crippen LogP contribution in [-0.4, -0.2) is 33.8 Å². The van der Waals surface area contributed by atoms with Crippen molar-refractivity contribution < 1.29 is 9.72 Å². The van der Waals surface area contributed by atoms with Crippen molar-refractivity contribution in [2.75, 3.05) is 13.1 Å². The van der Waals surface area contributed by atoms with Crippen molar-refractivity contribution in [1.29, 1.82) is 0 Å². The lowest BCUT2D eigenvalue weighted by molar-refractivity contribution is -0.385. The zero-order valence-electron chi connectivity index (χ0n) is 9.38. The summed E-state index contributed by atoms with van der Waals surface area (Å²) in [5, 5.41) is 10.6. The van der Waals surface area contributed by atoms with Crippen LogP contribution in [0.5, 0.6) is 0 Å². The molecule has 7 heteroatoms. The van der Waals surface area contributed by atoms with E-state index in [2.05, 4.69) is 4.98 Å². The molecule has 2 heterocycles. The molecule has 0 saturated heterocycles. The SMILES string of the molecule is O=C(c1cc([N+](=O)[O-])cnc1Cl)N1CC=CCC1. The first kappa shape index (κ1) is 12.5. The third-order valence-electron chi connectivity index (χ3n) is 2.61. The lowest BCUT2D eigenvalue weighted by Gasteiger charge is -2.23. The standard InChI is InChI=1S/C11H10ClN3O3/c12-10-9(6-8(7-13-10)15(17)18)11(16)14-4-2-1-3-5-14/h1-2,6-7H,3-5H2. The minimum Gasteiger partial charge on any atom is -0.335 e. The lowest BCUT2D eigenvalue weighted by atomic mass is 10.2. The quantitative estimate of drug-likeness (QED) is 0.356. The Labute approximate surface area is 108 Å². The van der Waals surface area contributed by atoms with E-state index in [1.807, 2.05) is 12.2 Å². The Morgan fingerprint density at radius 1 is 1.50 bits per heavy atom. The summed E-state index contributed by atoms with van der Waals surface area (Å²) in [6, 6.07) is 1.16. The lowest BCUT2D eigenvalue weighted by Crippen LogP contribution is -2.34. The molecule has 1 aromatic rings. The molecule has 0 aliphatic carbocycles. The first-order valence-corrected chi connectivity index (χ1v) is 5.71. The van der Waals surface area contributed by atoms with Gasteiger partial charge < -0.3 is 4.90 Å². The summed E-state index contributed by atoms with van der Waals surface area (Å²) in [7, 11) is 0. The van der Waals surface area contributed by atoms with Crippen molar-refractivity contribution in [2.24, 2.45) is 0 Å². The number of hydrogen-bond acceptors (Lipinski definition) is 4. The Bertz CT molecular complexity index is 530. The molecule has 1 aliphatic heterocycles. The highest BCUT2D eigenvalue weighted by atomic mass is 35.5. The summed E-state index contributed by atoms with van der Waals surface area (Å²) in [5.41, 5.74) is -0.170. The highest BCUT2D eigenvalue weighted by molar-refractivity contribution is 6.32. The Hall–Kier alpha value is -1.95. The predicted octanol–water partition coefficient (Wildman–Crippen LogP) is 2.05. The van der Waals surface area contributed by atoms with E-state index in [9.17, 15) is 14.9 Å². The van der Waals surface area contributed by atoms with Crippen LogP contribution in [-0.2, 0) is 0 Å². The summed E-state index contributed by atoms with van der Waals surface area (Å²) in [5.74, 6) is -0.333. The van der Waals surface area contributed by atoms with E-state index in [1.54, 1.807) is 4.90 Å². The van der Waals surface area contributed by atoms with Gasteiger partial charge in [-0.25, -0.2) is 4.98 Å². The minimum absolute atomic E-state index is 0.0137. The van der Waals surface area contributed by atoms with Crippen molar-refractivity contribution in [3.63, 3.8) is 0 Å². The highest BCUT2D eigenvalue weighted by Crippen LogP contribution is 2.21.